The summed E-state index contributed by atoms with van der Waals surface area (Å²) in [5.74, 6) is 1.38. The highest BCUT2D eigenvalue weighted by atomic mass is 19.1. The molecule has 0 unspecified atom stereocenters. The van der Waals surface area contributed by atoms with Crippen LogP contribution in [0, 0.1) is 18.7 Å². The molecule has 0 radical (unpaired) electrons. The van der Waals surface area contributed by atoms with E-state index in [0.29, 0.717) is 35.3 Å². The van der Waals surface area contributed by atoms with Crippen LogP contribution < -0.4 is 21.1 Å². The minimum absolute atomic E-state index is 0.314. The minimum Gasteiger partial charge on any atom is -0.491 e. The molecule has 0 aliphatic carbocycles. The van der Waals surface area contributed by atoms with Crippen molar-refractivity contribution < 1.29 is 13.9 Å². The number of hydrogen-bond acceptors (Lipinski definition) is 5. The Morgan fingerprint density at radius 1 is 1.11 bits per heavy atom. The number of carbonyl (C=O) groups is 1. The minimum atomic E-state index is -0.411. The molecule has 1 aliphatic heterocycles. The number of urea groups is 1. The highest BCUT2D eigenvalue weighted by molar-refractivity contribution is 6.04. The first-order valence-electron chi connectivity index (χ1n) is 12.4. The summed E-state index contributed by atoms with van der Waals surface area (Å²) in [5, 5.41) is 13.6. The Morgan fingerprint density at radius 2 is 1.81 bits per heavy atom. The number of nitrogens with one attached hydrogen (secondary N) is 3. The van der Waals surface area contributed by atoms with Crippen molar-refractivity contribution in [2.45, 2.75) is 19.8 Å². The van der Waals surface area contributed by atoms with Crippen LogP contribution in [0.25, 0.3) is 22.0 Å². The van der Waals surface area contributed by atoms with Crippen molar-refractivity contribution in [3.63, 3.8) is 0 Å². The van der Waals surface area contributed by atoms with Gasteiger partial charge in [-0.2, -0.15) is 5.10 Å². The van der Waals surface area contributed by atoms with Gasteiger partial charge in [-0.05, 0) is 105 Å². The van der Waals surface area contributed by atoms with Gasteiger partial charge in [-0.3, -0.25) is 5.10 Å². The number of carbonyl (C=O) groups excluding carboxylic acids is 1. The number of aromatic amines is 1. The third kappa shape index (κ3) is 5.51. The topological polar surface area (TPSA) is 108 Å². The van der Waals surface area contributed by atoms with E-state index in [1.165, 1.54) is 12.1 Å². The van der Waals surface area contributed by atoms with Crippen molar-refractivity contribution in [3.05, 3.63) is 66.0 Å². The summed E-state index contributed by atoms with van der Waals surface area (Å²) in [7, 11) is 2.15. The zero-order valence-corrected chi connectivity index (χ0v) is 21.0. The van der Waals surface area contributed by atoms with E-state index in [9.17, 15) is 9.18 Å². The van der Waals surface area contributed by atoms with Gasteiger partial charge in [-0.25, -0.2) is 9.18 Å². The van der Waals surface area contributed by atoms with Crippen molar-refractivity contribution in [3.8, 4) is 16.9 Å². The molecule has 0 bridgehead atoms. The van der Waals surface area contributed by atoms with E-state index >= 15 is 0 Å². The third-order valence-electron chi connectivity index (χ3n) is 6.89. The van der Waals surface area contributed by atoms with Gasteiger partial charge in [0.2, 0.25) is 0 Å². The van der Waals surface area contributed by atoms with Crippen molar-refractivity contribution in [1.29, 1.82) is 0 Å². The number of aromatic nitrogens is 2. The molecule has 3 aromatic carbocycles. The molecule has 9 heteroatoms. The average Bonchev–Trinajstić information content (AvgIpc) is 3.28. The first-order valence-corrected chi connectivity index (χ1v) is 12.4. The highest BCUT2D eigenvalue weighted by Crippen LogP contribution is 2.37. The molecule has 1 aliphatic rings. The largest absolute Gasteiger partial charge is 0.491 e. The summed E-state index contributed by atoms with van der Waals surface area (Å²) in [5.41, 5.74) is 10.5. The number of benzene rings is 3. The van der Waals surface area contributed by atoms with E-state index in [0.717, 1.165) is 53.7 Å². The van der Waals surface area contributed by atoms with E-state index in [2.05, 4.69) is 32.8 Å². The lowest BCUT2D eigenvalue weighted by Gasteiger charge is -2.28. The van der Waals surface area contributed by atoms with Gasteiger partial charge in [-0.15, -0.1) is 0 Å². The molecule has 1 aromatic heterocycles. The molecule has 1 saturated heterocycles. The average molecular weight is 503 g/mol. The molecule has 2 heterocycles. The van der Waals surface area contributed by atoms with Crippen molar-refractivity contribution in [2.75, 3.05) is 43.1 Å². The predicted molar refractivity (Wildman–Crippen MR) is 145 cm³/mol. The van der Waals surface area contributed by atoms with Gasteiger partial charge in [0.05, 0.1) is 12.0 Å². The van der Waals surface area contributed by atoms with Crippen LogP contribution in [-0.4, -0.2) is 47.9 Å². The van der Waals surface area contributed by atoms with Crippen molar-refractivity contribution >= 4 is 34.1 Å². The third-order valence-corrected chi connectivity index (χ3v) is 6.89. The second-order valence-corrected chi connectivity index (χ2v) is 9.65. The van der Waals surface area contributed by atoms with Crippen LogP contribution in [0.15, 0.2) is 54.6 Å². The number of nitrogens with two attached hydrogens (primary N) is 1. The number of hydrogen-bond donors (Lipinski definition) is 4. The maximum Gasteiger partial charge on any atom is 0.323 e. The van der Waals surface area contributed by atoms with Crippen LogP contribution in [0.1, 0.15) is 18.4 Å². The number of nitrogen functional groups attached to an aromatic ring is 1. The van der Waals surface area contributed by atoms with Crippen LogP contribution in [0.5, 0.6) is 5.75 Å². The van der Waals surface area contributed by atoms with Gasteiger partial charge in [0, 0.05) is 11.4 Å². The first-order chi connectivity index (χ1) is 17.9. The lowest BCUT2D eigenvalue weighted by atomic mass is 9.98. The molecule has 192 valence electrons. The SMILES string of the molecule is Cc1cc(NC(=O)Nc2ccc(-c3ccc(OCC4CCN(C)CC4)c4[nH]nc(N)c34)cc2)ccc1F. The van der Waals surface area contributed by atoms with Gasteiger partial charge < -0.3 is 26.0 Å². The molecule has 1 fully saturated rings. The number of aryl methyl sites for hydroxylation is 1. The standard InChI is InChI=1S/C28H31FN6O2/c1-17-15-21(7-9-23(17)29)32-28(36)31-20-5-3-19(4-6-20)22-8-10-24(26-25(22)27(30)34-33-26)37-16-18-11-13-35(2)14-12-18/h3-10,15,18H,11-14,16H2,1-2H3,(H3,30,33,34)(H2,31,32,36). The van der Waals surface area contributed by atoms with E-state index < -0.39 is 6.03 Å². The molecule has 0 atom stereocenters. The fourth-order valence-electron chi connectivity index (χ4n) is 4.68. The first kappa shape index (κ1) is 24.6. The summed E-state index contributed by atoms with van der Waals surface area (Å²) in [6, 6.07) is 15.4. The smallest absolute Gasteiger partial charge is 0.323 e. The second kappa shape index (κ2) is 10.5. The summed E-state index contributed by atoms with van der Waals surface area (Å²) >= 11 is 0. The zero-order chi connectivity index (χ0) is 25.9. The molecule has 0 spiro atoms. The number of ether oxygens (including phenoxy) is 1. The van der Waals surface area contributed by atoms with E-state index in [1.807, 2.05) is 36.4 Å². The van der Waals surface area contributed by atoms with Gasteiger partial charge >= 0.3 is 6.03 Å². The molecular formula is C28H31FN6O2. The molecule has 5 N–H and O–H groups in total. The highest BCUT2D eigenvalue weighted by Gasteiger charge is 2.19. The number of likely N-dealkylation sites (tertiary alicyclic amines) is 1. The van der Waals surface area contributed by atoms with E-state index in [4.69, 9.17) is 10.5 Å². The predicted octanol–water partition coefficient (Wildman–Crippen LogP) is 5.62. The Bertz CT molecular complexity index is 1410. The number of anilines is 3. The van der Waals surface area contributed by atoms with Gasteiger partial charge in [0.1, 0.15) is 17.1 Å². The number of halogens is 1. The van der Waals surface area contributed by atoms with Crippen LogP contribution in [0.4, 0.5) is 26.4 Å². The zero-order valence-electron chi connectivity index (χ0n) is 21.0. The fourth-order valence-corrected chi connectivity index (χ4v) is 4.68. The number of amides is 2. The molecule has 8 nitrogen and oxygen atoms in total. The lowest BCUT2D eigenvalue weighted by molar-refractivity contribution is 0.161. The van der Waals surface area contributed by atoms with E-state index in [1.54, 1.807) is 13.0 Å². The number of H-pyrrole nitrogens is 1. The molecule has 37 heavy (non-hydrogen) atoms. The van der Waals surface area contributed by atoms with Crippen molar-refractivity contribution in [1.82, 2.24) is 15.1 Å². The Kier molecular flexibility index (Phi) is 6.96. The summed E-state index contributed by atoms with van der Waals surface area (Å²) in [6.45, 7) is 4.51. The van der Waals surface area contributed by atoms with Gasteiger partial charge in [0.25, 0.3) is 0 Å². The number of fused-ring (bicyclic) bond motifs is 1. The Morgan fingerprint density at radius 3 is 2.54 bits per heavy atom. The second-order valence-electron chi connectivity index (χ2n) is 9.65. The molecule has 2 amide bonds. The maximum absolute atomic E-state index is 13.5. The summed E-state index contributed by atoms with van der Waals surface area (Å²) in [4.78, 5) is 14.7. The van der Waals surface area contributed by atoms with Gasteiger partial charge in [0.15, 0.2) is 5.82 Å². The number of rotatable bonds is 6. The molecule has 4 aromatic rings. The number of piperidine rings is 1. The maximum atomic E-state index is 13.5. The Balaban J connectivity index is 1.28. The lowest BCUT2D eigenvalue weighted by Crippen LogP contribution is -2.32. The van der Waals surface area contributed by atoms with Gasteiger partial charge in [-0.1, -0.05) is 12.1 Å². The van der Waals surface area contributed by atoms with E-state index in [-0.39, 0.29) is 5.82 Å². The molecular weight excluding hydrogens is 471 g/mol. The monoisotopic (exact) mass is 502 g/mol. The fraction of sp³-hybridized carbons (Fsp3) is 0.286. The van der Waals surface area contributed by atoms with Crippen LogP contribution in [0.3, 0.4) is 0 Å². The van der Waals surface area contributed by atoms with Crippen LogP contribution in [-0.2, 0) is 0 Å². The summed E-state index contributed by atoms with van der Waals surface area (Å²) < 4.78 is 19.7. The normalized spacial score (nSPS) is 14.6. The summed E-state index contributed by atoms with van der Waals surface area (Å²) in [6.07, 6.45) is 2.26. The quantitative estimate of drug-likeness (QED) is 0.274. The Hall–Kier alpha value is -4.11. The Labute approximate surface area is 215 Å². The number of nitrogens with zero attached hydrogens (tertiary/aromatic N) is 2. The molecule has 0 saturated carbocycles. The van der Waals surface area contributed by atoms with Crippen molar-refractivity contribution in [2.24, 2.45) is 5.92 Å². The molecule has 5 rings (SSSR count). The van der Waals surface area contributed by atoms with Crippen LogP contribution >= 0.6 is 0 Å². The van der Waals surface area contributed by atoms with Crippen LogP contribution in [0.2, 0.25) is 0 Å².